The number of nitrogens with one attached hydrogen (secondary N) is 1. The van der Waals surface area contributed by atoms with Gasteiger partial charge in [0, 0.05) is 10.6 Å². The lowest BCUT2D eigenvalue weighted by molar-refractivity contribution is 0.0886. The Kier molecular flexibility index (Phi) is 6.06. The van der Waals surface area contributed by atoms with Gasteiger partial charge < -0.3 is 10.4 Å². The van der Waals surface area contributed by atoms with Crippen LogP contribution in [0.15, 0.2) is 59.4 Å². The van der Waals surface area contributed by atoms with Crippen molar-refractivity contribution in [2.45, 2.75) is 12.1 Å². The number of aliphatic hydroxyl groups is 1. The third-order valence-corrected chi connectivity index (χ3v) is 7.03. The van der Waals surface area contributed by atoms with E-state index in [1.807, 2.05) is 0 Å². The Morgan fingerprint density at radius 1 is 1.16 bits per heavy atom. The minimum absolute atomic E-state index is 0.120. The van der Waals surface area contributed by atoms with Crippen LogP contribution in [0.2, 0.25) is 5.02 Å². The third-order valence-electron chi connectivity index (χ3n) is 5.01. The largest absolute Gasteiger partial charge is 0.389 e. The summed E-state index contributed by atoms with van der Waals surface area (Å²) >= 11 is 5.94. The van der Waals surface area contributed by atoms with Crippen LogP contribution in [0.1, 0.15) is 10.4 Å². The molecule has 0 radical (unpaired) electrons. The highest BCUT2D eigenvalue weighted by molar-refractivity contribution is 8.24. The second-order valence-corrected chi connectivity index (χ2v) is 10.1. The molecule has 1 aromatic heterocycles. The number of amides is 1. The van der Waals surface area contributed by atoms with Gasteiger partial charge in [0.2, 0.25) is 0 Å². The fraction of sp³-hybridized carbons (Fsp3) is 0.190. The van der Waals surface area contributed by atoms with Crippen LogP contribution in [0.4, 0.5) is 4.39 Å². The molecular formula is C21H19ClFN3O5S. The number of aliphatic hydroxyl groups excluding tert-OH is 1. The van der Waals surface area contributed by atoms with E-state index in [1.54, 1.807) is 24.3 Å². The average Bonchev–Trinajstić information content (AvgIpc) is 2.99. The standard InChI is InChI=1S/C21H19ClFN3O5S/c22-13-6-4-12(5-7-13)17-9-16(20(28)24-18-10-32(30,31)11-19(18)27)21(29)26(25-17)15-3-1-2-14(23)8-15/h1-9,18-19,27,30-31H,10-11H2,(H,24,28)/t18-,19+/m0/s1. The fourth-order valence-corrected chi connectivity index (χ4v) is 5.36. The molecule has 0 unspecified atom stereocenters. The Labute approximate surface area is 188 Å². The molecule has 2 atom stereocenters. The van der Waals surface area contributed by atoms with Crippen molar-refractivity contribution < 1.29 is 23.4 Å². The molecule has 0 bridgehead atoms. The molecule has 32 heavy (non-hydrogen) atoms. The van der Waals surface area contributed by atoms with E-state index in [-0.39, 0.29) is 28.5 Å². The number of aromatic nitrogens is 2. The Bertz CT molecular complexity index is 1230. The highest BCUT2D eigenvalue weighted by Crippen LogP contribution is 2.45. The molecule has 8 nitrogen and oxygen atoms in total. The Hall–Kier alpha value is -2.76. The van der Waals surface area contributed by atoms with Gasteiger partial charge in [0.25, 0.3) is 11.5 Å². The van der Waals surface area contributed by atoms with Gasteiger partial charge in [0.1, 0.15) is 11.4 Å². The Balaban J connectivity index is 1.79. The summed E-state index contributed by atoms with van der Waals surface area (Å²) in [5.41, 5.74) is -0.166. The summed E-state index contributed by atoms with van der Waals surface area (Å²) in [5, 5.41) is 17.3. The molecule has 2 heterocycles. The minimum Gasteiger partial charge on any atom is -0.389 e. The van der Waals surface area contributed by atoms with E-state index >= 15 is 0 Å². The van der Waals surface area contributed by atoms with Crippen molar-refractivity contribution in [3.05, 3.63) is 81.4 Å². The topological polar surface area (TPSA) is 125 Å². The molecule has 11 heteroatoms. The zero-order chi connectivity index (χ0) is 23.0. The van der Waals surface area contributed by atoms with E-state index in [9.17, 15) is 28.2 Å². The summed E-state index contributed by atoms with van der Waals surface area (Å²) in [5.74, 6) is -1.87. The molecule has 4 rings (SSSR count). The van der Waals surface area contributed by atoms with Crippen LogP contribution in [0.25, 0.3) is 16.9 Å². The predicted octanol–water partition coefficient (Wildman–Crippen LogP) is 2.92. The van der Waals surface area contributed by atoms with E-state index in [2.05, 4.69) is 10.4 Å². The summed E-state index contributed by atoms with van der Waals surface area (Å²) in [6, 6.07) is 12.1. The first-order valence-corrected chi connectivity index (χ1v) is 11.8. The fourth-order valence-electron chi connectivity index (χ4n) is 3.44. The molecule has 168 valence electrons. The maximum Gasteiger partial charge on any atom is 0.284 e. The first kappa shape index (κ1) is 22.4. The molecule has 4 N–H and O–H groups in total. The van der Waals surface area contributed by atoms with E-state index < -0.39 is 40.0 Å². The lowest BCUT2D eigenvalue weighted by Crippen LogP contribution is -2.44. The zero-order valence-corrected chi connectivity index (χ0v) is 18.1. The molecule has 1 saturated heterocycles. The number of carbonyl (C=O) groups is 1. The SMILES string of the molecule is O=C(N[C@H]1CS(O)(O)C[C@H]1O)c1cc(-c2ccc(Cl)cc2)nn(-c2cccc(F)c2)c1=O. The predicted molar refractivity (Wildman–Crippen MR) is 120 cm³/mol. The number of halogens is 2. The Morgan fingerprint density at radius 3 is 2.50 bits per heavy atom. The summed E-state index contributed by atoms with van der Waals surface area (Å²) in [6.07, 6.45) is -1.16. The molecule has 0 aliphatic carbocycles. The van der Waals surface area contributed by atoms with Crippen LogP contribution >= 0.6 is 22.2 Å². The summed E-state index contributed by atoms with van der Waals surface area (Å²) in [7, 11) is -3.01. The molecule has 0 spiro atoms. The van der Waals surface area contributed by atoms with E-state index in [4.69, 9.17) is 11.6 Å². The van der Waals surface area contributed by atoms with Crippen LogP contribution < -0.4 is 10.9 Å². The first-order chi connectivity index (χ1) is 15.1. The normalized spacial score (nSPS) is 20.7. The van der Waals surface area contributed by atoms with Crippen molar-refractivity contribution in [2.75, 3.05) is 11.5 Å². The number of benzene rings is 2. The van der Waals surface area contributed by atoms with Gasteiger partial charge in [-0.1, -0.05) is 29.8 Å². The van der Waals surface area contributed by atoms with Gasteiger partial charge in [-0.25, -0.2) is 4.39 Å². The van der Waals surface area contributed by atoms with Gasteiger partial charge >= 0.3 is 0 Å². The number of carbonyl (C=O) groups excluding carboxylic acids is 1. The smallest absolute Gasteiger partial charge is 0.284 e. The highest BCUT2D eigenvalue weighted by atomic mass is 35.5. The van der Waals surface area contributed by atoms with Gasteiger partial charge in [0.15, 0.2) is 0 Å². The van der Waals surface area contributed by atoms with Crippen molar-refractivity contribution >= 4 is 28.1 Å². The monoisotopic (exact) mass is 479 g/mol. The molecule has 2 aromatic carbocycles. The number of hydrogen-bond acceptors (Lipinski definition) is 6. The quantitative estimate of drug-likeness (QED) is 0.456. The lowest BCUT2D eigenvalue weighted by Gasteiger charge is -2.25. The molecule has 1 aliphatic heterocycles. The van der Waals surface area contributed by atoms with Gasteiger partial charge in [-0.15, -0.1) is 0 Å². The molecule has 1 amide bonds. The van der Waals surface area contributed by atoms with Crippen molar-refractivity contribution in [1.29, 1.82) is 0 Å². The maximum atomic E-state index is 13.8. The van der Waals surface area contributed by atoms with Gasteiger partial charge in [-0.2, -0.15) is 20.4 Å². The zero-order valence-electron chi connectivity index (χ0n) is 16.5. The van der Waals surface area contributed by atoms with Gasteiger partial charge in [0.05, 0.1) is 35.0 Å². The third kappa shape index (κ3) is 4.69. The van der Waals surface area contributed by atoms with Gasteiger partial charge in [-0.3, -0.25) is 18.7 Å². The minimum atomic E-state index is -3.01. The van der Waals surface area contributed by atoms with Crippen molar-refractivity contribution in [3.63, 3.8) is 0 Å². The van der Waals surface area contributed by atoms with Crippen molar-refractivity contribution in [3.8, 4) is 16.9 Å². The van der Waals surface area contributed by atoms with Crippen molar-refractivity contribution in [2.24, 2.45) is 0 Å². The second kappa shape index (κ2) is 8.64. The van der Waals surface area contributed by atoms with Gasteiger partial charge in [-0.05, 0) is 36.4 Å². The molecule has 1 aliphatic rings. The van der Waals surface area contributed by atoms with Crippen molar-refractivity contribution in [1.82, 2.24) is 15.1 Å². The lowest BCUT2D eigenvalue weighted by atomic mass is 10.1. The molecule has 1 fully saturated rings. The van der Waals surface area contributed by atoms with Crippen LogP contribution in [0, 0.1) is 5.82 Å². The van der Waals surface area contributed by atoms with Crippen LogP contribution in [-0.4, -0.2) is 53.6 Å². The summed E-state index contributed by atoms with van der Waals surface area (Å²) < 4.78 is 34.3. The molecule has 3 aromatic rings. The van der Waals surface area contributed by atoms with E-state index in [0.29, 0.717) is 10.6 Å². The Morgan fingerprint density at radius 2 is 1.88 bits per heavy atom. The molecular weight excluding hydrogens is 461 g/mol. The number of nitrogens with zero attached hydrogens (tertiary/aromatic N) is 2. The van der Waals surface area contributed by atoms with E-state index in [0.717, 1.165) is 10.7 Å². The van der Waals surface area contributed by atoms with Crippen LogP contribution in [0.5, 0.6) is 0 Å². The first-order valence-electron chi connectivity index (χ1n) is 9.52. The highest BCUT2D eigenvalue weighted by Gasteiger charge is 2.38. The number of rotatable bonds is 4. The summed E-state index contributed by atoms with van der Waals surface area (Å²) in [4.78, 5) is 26.0. The summed E-state index contributed by atoms with van der Waals surface area (Å²) in [6.45, 7) is 0. The van der Waals surface area contributed by atoms with Crippen LogP contribution in [0.3, 0.4) is 0 Å². The second-order valence-electron chi connectivity index (χ2n) is 7.43. The maximum absolute atomic E-state index is 13.8. The van der Waals surface area contributed by atoms with Crippen LogP contribution in [-0.2, 0) is 0 Å². The number of hydrogen-bond donors (Lipinski definition) is 4. The average molecular weight is 480 g/mol. The van der Waals surface area contributed by atoms with E-state index in [1.165, 1.54) is 24.3 Å². The molecule has 0 saturated carbocycles.